The molecule has 6 nitrogen and oxygen atoms in total. The zero-order valence-electron chi connectivity index (χ0n) is 10.5. The summed E-state index contributed by atoms with van der Waals surface area (Å²) < 4.78 is 1.81. The third-order valence-electron chi connectivity index (χ3n) is 2.70. The SMILES string of the molecule is Cc1sc(C(=O)O)cc1C(=O)NCc1nccn1C. The molecule has 0 aliphatic heterocycles. The maximum atomic E-state index is 12.0. The van der Waals surface area contributed by atoms with Crippen molar-refractivity contribution in [3.8, 4) is 0 Å². The monoisotopic (exact) mass is 279 g/mol. The van der Waals surface area contributed by atoms with E-state index in [9.17, 15) is 9.59 Å². The Hall–Kier alpha value is -2.15. The summed E-state index contributed by atoms with van der Waals surface area (Å²) in [5.41, 5.74) is 0.400. The predicted molar refractivity (Wildman–Crippen MR) is 70.4 cm³/mol. The van der Waals surface area contributed by atoms with Gasteiger partial charge >= 0.3 is 5.97 Å². The Labute approximate surface area is 113 Å². The van der Waals surface area contributed by atoms with Gasteiger partial charge in [0.05, 0.1) is 12.1 Å². The molecule has 0 aliphatic carbocycles. The number of aromatic nitrogens is 2. The van der Waals surface area contributed by atoms with Crippen molar-refractivity contribution in [3.63, 3.8) is 0 Å². The summed E-state index contributed by atoms with van der Waals surface area (Å²) >= 11 is 1.10. The Kier molecular flexibility index (Phi) is 3.66. The Morgan fingerprint density at radius 1 is 1.53 bits per heavy atom. The fourth-order valence-electron chi connectivity index (χ4n) is 1.63. The number of hydrogen-bond acceptors (Lipinski definition) is 4. The van der Waals surface area contributed by atoms with Crippen molar-refractivity contribution in [3.05, 3.63) is 39.6 Å². The quantitative estimate of drug-likeness (QED) is 0.886. The van der Waals surface area contributed by atoms with Crippen molar-refractivity contribution in [2.45, 2.75) is 13.5 Å². The molecule has 0 saturated heterocycles. The molecule has 100 valence electrons. The molecule has 0 unspecified atom stereocenters. The molecule has 2 rings (SSSR count). The molecule has 2 heterocycles. The van der Waals surface area contributed by atoms with Crippen LogP contribution in [0.15, 0.2) is 18.5 Å². The Morgan fingerprint density at radius 3 is 2.79 bits per heavy atom. The van der Waals surface area contributed by atoms with Crippen LogP contribution < -0.4 is 5.32 Å². The minimum absolute atomic E-state index is 0.166. The average Bonchev–Trinajstić information content (AvgIpc) is 2.93. The maximum absolute atomic E-state index is 12.0. The van der Waals surface area contributed by atoms with E-state index in [4.69, 9.17) is 5.11 Å². The van der Waals surface area contributed by atoms with Gasteiger partial charge in [-0.15, -0.1) is 11.3 Å². The Balaban J connectivity index is 2.08. The van der Waals surface area contributed by atoms with Crippen molar-refractivity contribution in [1.29, 1.82) is 0 Å². The summed E-state index contributed by atoms with van der Waals surface area (Å²) in [5, 5.41) is 11.6. The maximum Gasteiger partial charge on any atom is 0.345 e. The highest BCUT2D eigenvalue weighted by molar-refractivity contribution is 7.14. The number of rotatable bonds is 4. The summed E-state index contributed by atoms with van der Waals surface area (Å²) in [6.45, 7) is 2.03. The molecule has 2 aromatic rings. The summed E-state index contributed by atoms with van der Waals surface area (Å²) in [7, 11) is 1.84. The van der Waals surface area contributed by atoms with Gasteiger partial charge in [-0.2, -0.15) is 0 Å². The van der Waals surface area contributed by atoms with E-state index in [1.165, 1.54) is 6.07 Å². The second-order valence-corrected chi connectivity index (χ2v) is 5.28. The molecule has 19 heavy (non-hydrogen) atoms. The molecule has 2 N–H and O–H groups in total. The number of thiophene rings is 1. The lowest BCUT2D eigenvalue weighted by Gasteiger charge is -2.04. The van der Waals surface area contributed by atoms with Gasteiger partial charge in [0.2, 0.25) is 0 Å². The molecule has 1 amide bonds. The second kappa shape index (κ2) is 5.23. The van der Waals surface area contributed by atoms with E-state index in [0.717, 1.165) is 17.2 Å². The number of nitrogens with zero attached hydrogens (tertiary/aromatic N) is 2. The first-order valence-electron chi connectivity index (χ1n) is 5.57. The van der Waals surface area contributed by atoms with Crippen LogP contribution >= 0.6 is 11.3 Å². The number of aryl methyl sites for hydroxylation is 2. The molecular formula is C12H13N3O3S. The van der Waals surface area contributed by atoms with Gasteiger partial charge in [-0.3, -0.25) is 4.79 Å². The topological polar surface area (TPSA) is 84.2 Å². The number of carbonyl (C=O) groups is 2. The van der Waals surface area contributed by atoms with Crippen molar-refractivity contribution in [2.24, 2.45) is 7.05 Å². The van der Waals surface area contributed by atoms with Crippen LogP contribution in [0.5, 0.6) is 0 Å². The summed E-state index contributed by atoms with van der Waals surface area (Å²) in [6, 6.07) is 1.40. The van der Waals surface area contributed by atoms with Crippen LogP contribution in [0, 0.1) is 6.92 Å². The molecule has 0 radical (unpaired) electrons. The first-order valence-corrected chi connectivity index (χ1v) is 6.39. The first-order chi connectivity index (χ1) is 8.99. The lowest BCUT2D eigenvalue weighted by atomic mass is 10.2. The van der Waals surface area contributed by atoms with Gasteiger partial charge in [0.15, 0.2) is 0 Å². The van der Waals surface area contributed by atoms with E-state index >= 15 is 0 Å². The van der Waals surface area contributed by atoms with Crippen molar-refractivity contribution in [1.82, 2.24) is 14.9 Å². The fraction of sp³-hybridized carbons (Fsp3) is 0.250. The number of imidazole rings is 1. The van der Waals surface area contributed by atoms with E-state index in [-0.39, 0.29) is 10.8 Å². The smallest absolute Gasteiger partial charge is 0.345 e. The largest absolute Gasteiger partial charge is 0.477 e. The van der Waals surface area contributed by atoms with Gasteiger partial charge in [-0.1, -0.05) is 0 Å². The highest BCUT2D eigenvalue weighted by Gasteiger charge is 2.16. The van der Waals surface area contributed by atoms with Crippen molar-refractivity contribution in [2.75, 3.05) is 0 Å². The van der Waals surface area contributed by atoms with E-state index in [0.29, 0.717) is 17.0 Å². The van der Waals surface area contributed by atoms with Crippen LogP contribution in [0.25, 0.3) is 0 Å². The molecule has 2 aromatic heterocycles. The number of carboxylic acids is 1. The van der Waals surface area contributed by atoms with Gasteiger partial charge in [-0.25, -0.2) is 9.78 Å². The molecule has 0 bridgehead atoms. The lowest BCUT2D eigenvalue weighted by molar-refractivity contribution is 0.0702. The van der Waals surface area contributed by atoms with Gasteiger partial charge in [0.1, 0.15) is 10.7 Å². The van der Waals surface area contributed by atoms with Gasteiger partial charge in [0.25, 0.3) is 5.91 Å². The van der Waals surface area contributed by atoms with Gasteiger partial charge < -0.3 is 15.0 Å². The number of hydrogen-bond donors (Lipinski definition) is 2. The van der Waals surface area contributed by atoms with E-state index in [1.54, 1.807) is 19.3 Å². The van der Waals surface area contributed by atoms with E-state index in [2.05, 4.69) is 10.3 Å². The molecule has 7 heteroatoms. The standard InChI is InChI=1S/C12H13N3O3S/c1-7-8(5-9(19-7)12(17)18)11(16)14-6-10-13-3-4-15(10)2/h3-5H,6H2,1-2H3,(H,14,16)(H,17,18). The zero-order valence-corrected chi connectivity index (χ0v) is 11.3. The third-order valence-corrected chi connectivity index (χ3v) is 3.74. The molecular weight excluding hydrogens is 266 g/mol. The van der Waals surface area contributed by atoms with Crippen molar-refractivity contribution >= 4 is 23.2 Å². The van der Waals surface area contributed by atoms with Crippen molar-refractivity contribution < 1.29 is 14.7 Å². The summed E-state index contributed by atoms with van der Waals surface area (Å²) in [4.78, 5) is 27.8. The molecule has 0 atom stereocenters. The third kappa shape index (κ3) is 2.82. The normalized spacial score (nSPS) is 10.4. The molecule has 0 fully saturated rings. The van der Waals surface area contributed by atoms with E-state index in [1.807, 2.05) is 11.6 Å². The van der Waals surface area contributed by atoms with Crippen LogP contribution in [0.4, 0.5) is 0 Å². The average molecular weight is 279 g/mol. The second-order valence-electron chi connectivity index (χ2n) is 4.02. The lowest BCUT2D eigenvalue weighted by Crippen LogP contribution is -2.24. The Bertz CT molecular complexity index is 630. The van der Waals surface area contributed by atoms with Crippen LogP contribution in [-0.4, -0.2) is 26.5 Å². The number of amides is 1. The predicted octanol–water partition coefficient (Wildman–Crippen LogP) is 1.42. The van der Waals surface area contributed by atoms with Gasteiger partial charge in [-0.05, 0) is 13.0 Å². The highest BCUT2D eigenvalue weighted by Crippen LogP contribution is 2.21. The molecule has 0 saturated carbocycles. The molecule has 0 aromatic carbocycles. The molecule has 0 aliphatic rings. The van der Waals surface area contributed by atoms with Crippen LogP contribution in [0.2, 0.25) is 0 Å². The number of aromatic carboxylic acids is 1. The molecule has 0 spiro atoms. The minimum atomic E-state index is -1.02. The first kappa shape index (κ1) is 13.3. The minimum Gasteiger partial charge on any atom is -0.477 e. The fourth-order valence-corrected chi connectivity index (χ4v) is 2.49. The summed E-state index contributed by atoms with van der Waals surface area (Å²) in [5.74, 6) is -0.569. The van der Waals surface area contributed by atoms with Crippen LogP contribution in [0.3, 0.4) is 0 Å². The Morgan fingerprint density at radius 2 is 2.26 bits per heavy atom. The number of carbonyl (C=O) groups excluding carboxylic acids is 1. The number of carboxylic acid groups (broad SMARTS) is 1. The van der Waals surface area contributed by atoms with E-state index < -0.39 is 5.97 Å². The van der Waals surface area contributed by atoms with Gasteiger partial charge in [0, 0.05) is 24.3 Å². The highest BCUT2D eigenvalue weighted by atomic mass is 32.1. The summed E-state index contributed by atoms with van der Waals surface area (Å²) in [6.07, 6.45) is 3.44. The van der Waals surface area contributed by atoms with Crippen LogP contribution in [0.1, 0.15) is 30.7 Å². The zero-order chi connectivity index (χ0) is 14.0. The number of nitrogens with one attached hydrogen (secondary N) is 1. The van der Waals surface area contributed by atoms with Crippen LogP contribution in [-0.2, 0) is 13.6 Å².